The minimum Gasteiger partial charge on any atom is -0.493 e. The van der Waals surface area contributed by atoms with Crippen LogP contribution in [0.4, 0.5) is 0 Å². The third kappa shape index (κ3) is 1.34. The average molecular weight is 149 g/mol. The topological polar surface area (TPSA) is 22.1 Å². The van der Waals surface area contributed by atoms with Crippen LogP contribution in [0.25, 0.3) is 0 Å². The highest BCUT2D eigenvalue weighted by molar-refractivity contribution is 5.30. The van der Waals surface area contributed by atoms with Gasteiger partial charge in [-0.05, 0) is 25.3 Å². The maximum atomic E-state index is 5.51. The number of hydrogen-bond acceptors (Lipinski definition) is 2. The van der Waals surface area contributed by atoms with Crippen LogP contribution in [0.1, 0.15) is 18.4 Å². The Hall–Kier alpha value is -1.05. The molecule has 11 heavy (non-hydrogen) atoms. The van der Waals surface area contributed by atoms with Crippen LogP contribution in [0.5, 0.6) is 5.75 Å². The Morgan fingerprint density at radius 3 is 3.36 bits per heavy atom. The molecule has 0 aromatic carbocycles. The van der Waals surface area contributed by atoms with Crippen molar-refractivity contribution in [3.05, 3.63) is 24.0 Å². The van der Waals surface area contributed by atoms with Crippen LogP contribution in [0.2, 0.25) is 0 Å². The highest BCUT2D eigenvalue weighted by Gasteiger charge is 2.06. The second kappa shape index (κ2) is 2.91. The molecule has 1 aromatic heterocycles. The summed E-state index contributed by atoms with van der Waals surface area (Å²) in [5.74, 6) is 1.03. The Balaban J connectivity index is 2.33. The van der Waals surface area contributed by atoms with Gasteiger partial charge in [0, 0.05) is 18.0 Å². The number of nitrogens with zero attached hydrogens (tertiary/aromatic N) is 1. The number of aryl methyl sites for hydroxylation is 1. The van der Waals surface area contributed by atoms with E-state index in [1.54, 1.807) is 6.20 Å². The van der Waals surface area contributed by atoms with Crippen molar-refractivity contribution in [2.45, 2.75) is 19.3 Å². The van der Waals surface area contributed by atoms with E-state index in [1.165, 1.54) is 12.0 Å². The van der Waals surface area contributed by atoms with Gasteiger partial charge in [0.2, 0.25) is 0 Å². The third-order valence-corrected chi connectivity index (χ3v) is 1.96. The van der Waals surface area contributed by atoms with Crippen LogP contribution in [-0.4, -0.2) is 11.6 Å². The van der Waals surface area contributed by atoms with Gasteiger partial charge in [0.1, 0.15) is 5.75 Å². The first kappa shape index (κ1) is 6.65. The molecule has 1 aromatic rings. The second-order valence-electron chi connectivity index (χ2n) is 2.79. The molecule has 0 N–H and O–H groups in total. The molecular weight excluding hydrogens is 138 g/mol. The van der Waals surface area contributed by atoms with Crippen LogP contribution in [-0.2, 0) is 6.42 Å². The number of fused-ring (bicyclic) bond motifs is 1. The van der Waals surface area contributed by atoms with Crippen LogP contribution in [0, 0.1) is 0 Å². The van der Waals surface area contributed by atoms with Gasteiger partial charge in [-0.15, -0.1) is 0 Å². The summed E-state index contributed by atoms with van der Waals surface area (Å²) in [6.45, 7) is 0.858. The van der Waals surface area contributed by atoms with Gasteiger partial charge in [-0.25, -0.2) is 0 Å². The highest BCUT2D eigenvalue weighted by atomic mass is 16.5. The smallest absolute Gasteiger partial charge is 0.125 e. The first-order valence-corrected chi connectivity index (χ1v) is 4.02. The summed E-state index contributed by atoms with van der Waals surface area (Å²) in [6, 6.07) is 1.95. The molecule has 0 radical (unpaired) electrons. The van der Waals surface area contributed by atoms with Crippen molar-refractivity contribution in [1.82, 2.24) is 4.98 Å². The largest absolute Gasteiger partial charge is 0.493 e. The first-order chi connectivity index (χ1) is 5.47. The summed E-state index contributed by atoms with van der Waals surface area (Å²) in [4.78, 5) is 4.06. The average Bonchev–Trinajstić information content (AvgIpc) is 2.28. The summed E-state index contributed by atoms with van der Waals surface area (Å²) in [6.07, 6.45) is 7.18. The van der Waals surface area contributed by atoms with Crippen LogP contribution >= 0.6 is 0 Å². The van der Waals surface area contributed by atoms with Crippen molar-refractivity contribution in [3.63, 3.8) is 0 Å². The van der Waals surface area contributed by atoms with E-state index in [-0.39, 0.29) is 0 Å². The van der Waals surface area contributed by atoms with Crippen molar-refractivity contribution in [3.8, 4) is 5.75 Å². The molecule has 1 aliphatic rings. The van der Waals surface area contributed by atoms with Crippen molar-refractivity contribution in [2.24, 2.45) is 0 Å². The maximum absolute atomic E-state index is 5.51. The van der Waals surface area contributed by atoms with Crippen LogP contribution in [0.3, 0.4) is 0 Å². The van der Waals surface area contributed by atoms with Gasteiger partial charge in [0.25, 0.3) is 0 Å². The summed E-state index contributed by atoms with van der Waals surface area (Å²) >= 11 is 0. The molecule has 0 aliphatic carbocycles. The molecule has 0 spiro atoms. The lowest BCUT2D eigenvalue weighted by atomic mass is 10.1. The number of aromatic nitrogens is 1. The first-order valence-electron chi connectivity index (χ1n) is 4.02. The lowest BCUT2D eigenvalue weighted by molar-refractivity contribution is 0.316. The fourth-order valence-corrected chi connectivity index (χ4v) is 1.34. The lowest BCUT2D eigenvalue weighted by Gasteiger charge is -2.03. The van der Waals surface area contributed by atoms with E-state index in [0.29, 0.717) is 0 Å². The number of hydrogen-bond donors (Lipinski definition) is 0. The molecule has 2 heterocycles. The number of ether oxygens (including phenoxy) is 1. The van der Waals surface area contributed by atoms with Gasteiger partial charge < -0.3 is 4.74 Å². The van der Waals surface area contributed by atoms with Gasteiger partial charge >= 0.3 is 0 Å². The minimum absolute atomic E-state index is 0.858. The zero-order chi connectivity index (χ0) is 7.52. The SMILES string of the molecule is c1cc2c(cn1)CCCCO2. The van der Waals surface area contributed by atoms with Crippen molar-refractivity contribution in [1.29, 1.82) is 0 Å². The fourth-order valence-electron chi connectivity index (χ4n) is 1.34. The van der Waals surface area contributed by atoms with Crippen molar-refractivity contribution < 1.29 is 4.74 Å². The third-order valence-electron chi connectivity index (χ3n) is 1.96. The van der Waals surface area contributed by atoms with E-state index >= 15 is 0 Å². The van der Waals surface area contributed by atoms with Gasteiger partial charge in [-0.2, -0.15) is 0 Å². The van der Waals surface area contributed by atoms with E-state index in [4.69, 9.17) is 4.74 Å². The highest BCUT2D eigenvalue weighted by Crippen LogP contribution is 2.21. The molecule has 1 aliphatic heterocycles. The summed E-state index contributed by atoms with van der Waals surface area (Å²) in [7, 11) is 0. The Kier molecular flexibility index (Phi) is 1.76. The zero-order valence-corrected chi connectivity index (χ0v) is 6.42. The molecule has 0 atom stereocenters. The minimum atomic E-state index is 0.858. The quantitative estimate of drug-likeness (QED) is 0.561. The normalized spacial score (nSPS) is 16.4. The van der Waals surface area contributed by atoms with E-state index in [2.05, 4.69) is 4.98 Å². The molecule has 2 nitrogen and oxygen atoms in total. The molecule has 0 amide bonds. The predicted octanol–water partition coefficient (Wildman–Crippen LogP) is 1.80. The van der Waals surface area contributed by atoms with E-state index in [0.717, 1.165) is 25.2 Å². The van der Waals surface area contributed by atoms with Gasteiger partial charge in [0.15, 0.2) is 0 Å². The Morgan fingerprint density at radius 1 is 1.36 bits per heavy atom. The molecule has 0 unspecified atom stereocenters. The van der Waals surface area contributed by atoms with E-state index in [9.17, 15) is 0 Å². The van der Waals surface area contributed by atoms with E-state index in [1.807, 2.05) is 12.3 Å². The Bertz CT molecular complexity index is 222. The number of rotatable bonds is 0. The van der Waals surface area contributed by atoms with Gasteiger partial charge in [0.05, 0.1) is 6.61 Å². The molecule has 2 heteroatoms. The fraction of sp³-hybridized carbons (Fsp3) is 0.444. The van der Waals surface area contributed by atoms with Crippen LogP contribution < -0.4 is 4.74 Å². The Labute approximate surface area is 66.2 Å². The standard InChI is InChI=1S/C9H11NO/c1-2-6-11-9-4-5-10-7-8(9)3-1/h4-5,7H,1-3,6H2. The van der Waals surface area contributed by atoms with Gasteiger partial charge in [-0.1, -0.05) is 0 Å². The van der Waals surface area contributed by atoms with Crippen molar-refractivity contribution in [2.75, 3.05) is 6.61 Å². The maximum Gasteiger partial charge on any atom is 0.125 e. The summed E-state index contributed by atoms with van der Waals surface area (Å²) in [5.41, 5.74) is 1.25. The molecule has 2 rings (SSSR count). The van der Waals surface area contributed by atoms with E-state index < -0.39 is 0 Å². The molecule has 0 saturated heterocycles. The van der Waals surface area contributed by atoms with Crippen LogP contribution in [0.15, 0.2) is 18.5 Å². The summed E-state index contributed by atoms with van der Waals surface area (Å²) < 4.78 is 5.51. The molecule has 0 bridgehead atoms. The molecule has 0 fully saturated rings. The Morgan fingerprint density at radius 2 is 2.36 bits per heavy atom. The zero-order valence-electron chi connectivity index (χ0n) is 6.42. The molecule has 58 valence electrons. The monoisotopic (exact) mass is 149 g/mol. The molecular formula is C9H11NO. The lowest BCUT2D eigenvalue weighted by Crippen LogP contribution is -1.94. The van der Waals surface area contributed by atoms with Crippen molar-refractivity contribution >= 4 is 0 Å². The second-order valence-corrected chi connectivity index (χ2v) is 2.79. The molecule has 0 saturated carbocycles. The summed E-state index contributed by atoms with van der Waals surface area (Å²) in [5, 5.41) is 0. The van der Waals surface area contributed by atoms with Gasteiger partial charge in [-0.3, -0.25) is 4.98 Å². The number of pyridine rings is 1. The predicted molar refractivity (Wildman–Crippen MR) is 42.7 cm³/mol.